The molecule has 2 aromatic rings. The van der Waals surface area contributed by atoms with E-state index >= 15 is 0 Å². The van der Waals surface area contributed by atoms with E-state index in [2.05, 4.69) is 11.4 Å². The standard InChI is InChI=1S/C23H26FNO2/c1-27-21-11-5-3-9-19(21)23(12-6-7-13-23)15-25-22(26)18-14-17(18)16-8-2-4-10-20(16)24/h2-5,8-11,17-18H,6-7,12-15H2,1H3,(H,25,26). The fourth-order valence-electron chi connectivity index (χ4n) is 4.67. The summed E-state index contributed by atoms with van der Waals surface area (Å²) in [6, 6.07) is 14.9. The highest BCUT2D eigenvalue weighted by Gasteiger charge is 2.46. The topological polar surface area (TPSA) is 38.3 Å². The molecule has 0 saturated heterocycles. The van der Waals surface area contributed by atoms with E-state index in [0.29, 0.717) is 12.1 Å². The van der Waals surface area contributed by atoms with Crippen LogP contribution in [0.3, 0.4) is 0 Å². The van der Waals surface area contributed by atoms with Crippen molar-refractivity contribution in [3.63, 3.8) is 0 Å². The fraction of sp³-hybridized carbons (Fsp3) is 0.435. The van der Waals surface area contributed by atoms with Crippen LogP contribution in [0.4, 0.5) is 4.39 Å². The van der Waals surface area contributed by atoms with E-state index in [1.54, 1.807) is 19.2 Å². The summed E-state index contributed by atoms with van der Waals surface area (Å²) >= 11 is 0. The molecule has 0 aliphatic heterocycles. The van der Waals surface area contributed by atoms with Gasteiger partial charge in [0.2, 0.25) is 5.91 Å². The number of carbonyl (C=O) groups is 1. The molecule has 0 radical (unpaired) electrons. The maximum absolute atomic E-state index is 14.0. The summed E-state index contributed by atoms with van der Waals surface area (Å²) in [5.41, 5.74) is 1.79. The number of carbonyl (C=O) groups excluding carboxylic acids is 1. The normalized spacial score (nSPS) is 23.0. The second-order valence-electron chi connectivity index (χ2n) is 7.88. The van der Waals surface area contributed by atoms with Crippen molar-refractivity contribution in [1.82, 2.24) is 5.32 Å². The lowest BCUT2D eigenvalue weighted by molar-refractivity contribution is -0.122. The van der Waals surface area contributed by atoms with Crippen LogP contribution in [0.2, 0.25) is 0 Å². The minimum atomic E-state index is -0.209. The first-order chi connectivity index (χ1) is 13.1. The van der Waals surface area contributed by atoms with Gasteiger partial charge in [0.25, 0.3) is 0 Å². The molecule has 2 aliphatic carbocycles. The van der Waals surface area contributed by atoms with Crippen LogP contribution < -0.4 is 10.1 Å². The Bertz CT molecular complexity index is 829. The molecule has 3 nitrogen and oxygen atoms in total. The predicted molar refractivity (Wildman–Crippen MR) is 103 cm³/mol. The molecule has 0 heterocycles. The number of nitrogens with one attached hydrogen (secondary N) is 1. The maximum Gasteiger partial charge on any atom is 0.223 e. The van der Waals surface area contributed by atoms with Gasteiger partial charge in [-0.15, -0.1) is 0 Å². The lowest BCUT2D eigenvalue weighted by Crippen LogP contribution is -2.40. The average Bonchev–Trinajstić information content (AvgIpc) is 3.35. The van der Waals surface area contributed by atoms with Gasteiger partial charge >= 0.3 is 0 Å². The Kier molecular flexibility index (Phi) is 4.90. The first-order valence-electron chi connectivity index (χ1n) is 9.80. The van der Waals surface area contributed by atoms with E-state index in [-0.39, 0.29) is 29.0 Å². The van der Waals surface area contributed by atoms with Crippen molar-refractivity contribution in [1.29, 1.82) is 0 Å². The van der Waals surface area contributed by atoms with Crippen LogP contribution in [0.5, 0.6) is 5.75 Å². The monoisotopic (exact) mass is 367 g/mol. The highest BCUT2D eigenvalue weighted by molar-refractivity contribution is 5.83. The third kappa shape index (κ3) is 3.45. The molecule has 142 valence electrons. The molecule has 2 fully saturated rings. The van der Waals surface area contributed by atoms with Crippen molar-refractivity contribution < 1.29 is 13.9 Å². The van der Waals surface area contributed by atoms with E-state index in [9.17, 15) is 9.18 Å². The molecule has 2 aromatic carbocycles. The van der Waals surface area contributed by atoms with Gasteiger partial charge in [-0.2, -0.15) is 0 Å². The van der Waals surface area contributed by atoms with Crippen molar-refractivity contribution >= 4 is 5.91 Å². The molecule has 0 aromatic heterocycles. The van der Waals surface area contributed by atoms with Gasteiger partial charge in [-0.05, 0) is 42.9 Å². The summed E-state index contributed by atoms with van der Waals surface area (Å²) in [5, 5.41) is 3.18. The molecule has 4 rings (SSSR count). The Morgan fingerprint density at radius 2 is 1.85 bits per heavy atom. The lowest BCUT2D eigenvalue weighted by atomic mass is 9.78. The van der Waals surface area contributed by atoms with Crippen LogP contribution in [0, 0.1) is 11.7 Å². The van der Waals surface area contributed by atoms with Gasteiger partial charge in [0, 0.05) is 23.4 Å². The number of amides is 1. The van der Waals surface area contributed by atoms with Gasteiger partial charge in [-0.3, -0.25) is 4.79 Å². The van der Waals surface area contributed by atoms with E-state index in [4.69, 9.17) is 4.74 Å². The number of ether oxygens (including phenoxy) is 1. The minimum absolute atomic E-state index is 0.0111. The van der Waals surface area contributed by atoms with Gasteiger partial charge in [0.15, 0.2) is 0 Å². The van der Waals surface area contributed by atoms with Gasteiger partial charge in [-0.25, -0.2) is 4.39 Å². The molecule has 2 aliphatic rings. The van der Waals surface area contributed by atoms with Gasteiger partial charge in [0.1, 0.15) is 11.6 Å². The third-order valence-corrected chi connectivity index (χ3v) is 6.27. The van der Waals surface area contributed by atoms with E-state index < -0.39 is 0 Å². The summed E-state index contributed by atoms with van der Waals surface area (Å²) in [6.45, 7) is 0.618. The highest BCUT2D eigenvalue weighted by atomic mass is 19.1. The molecule has 2 unspecified atom stereocenters. The zero-order valence-corrected chi connectivity index (χ0v) is 15.7. The number of halogens is 1. The Hall–Kier alpha value is -2.36. The third-order valence-electron chi connectivity index (χ3n) is 6.27. The number of hydrogen-bond donors (Lipinski definition) is 1. The molecule has 2 atom stereocenters. The highest BCUT2D eigenvalue weighted by Crippen LogP contribution is 2.49. The van der Waals surface area contributed by atoms with E-state index in [1.807, 2.05) is 24.3 Å². The summed E-state index contributed by atoms with van der Waals surface area (Å²) in [6.07, 6.45) is 5.16. The quantitative estimate of drug-likeness (QED) is 0.812. The van der Waals surface area contributed by atoms with E-state index in [0.717, 1.165) is 37.9 Å². The average molecular weight is 367 g/mol. The van der Waals surface area contributed by atoms with Crippen molar-refractivity contribution in [3.8, 4) is 5.75 Å². The van der Waals surface area contributed by atoms with Crippen molar-refractivity contribution in [2.75, 3.05) is 13.7 Å². The first kappa shape index (κ1) is 18.0. The summed E-state index contributed by atoms with van der Waals surface area (Å²) < 4.78 is 19.6. The Morgan fingerprint density at radius 1 is 1.15 bits per heavy atom. The number of benzene rings is 2. The summed E-state index contributed by atoms with van der Waals surface area (Å²) in [7, 11) is 1.70. The lowest BCUT2D eigenvalue weighted by Gasteiger charge is -2.31. The second-order valence-corrected chi connectivity index (χ2v) is 7.88. The summed E-state index contributed by atoms with van der Waals surface area (Å²) in [5.74, 6) is 0.628. The molecular weight excluding hydrogens is 341 g/mol. The Balaban J connectivity index is 1.45. The van der Waals surface area contributed by atoms with Crippen molar-refractivity contribution in [2.24, 2.45) is 5.92 Å². The number of rotatable bonds is 6. The van der Waals surface area contributed by atoms with Crippen LogP contribution in [0.15, 0.2) is 48.5 Å². The smallest absolute Gasteiger partial charge is 0.223 e. The fourth-order valence-corrected chi connectivity index (χ4v) is 4.67. The van der Waals surface area contributed by atoms with Crippen molar-refractivity contribution in [3.05, 3.63) is 65.5 Å². The van der Waals surface area contributed by atoms with Crippen LogP contribution in [-0.2, 0) is 10.2 Å². The van der Waals surface area contributed by atoms with Crippen LogP contribution >= 0.6 is 0 Å². The molecule has 1 N–H and O–H groups in total. The molecule has 1 amide bonds. The SMILES string of the molecule is COc1ccccc1C1(CNC(=O)C2CC2c2ccccc2F)CCCC1. The maximum atomic E-state index is 14.0. The largest absolute Gasteiger partial charge is 0.496 e. The van der Waals surface area contributed by atoms with Crippen LogP contribution in [-0.4, -0.2) is 19.6 Å². The molecule has 0 spiro atoms. The molecule has 4 heteroatoms. The molecule has 0 bridgehead atoms. The Labute approximate surface area is 159 Å². The Morgan fingerprint density at radius 3 is 2.59 bits per heavy atom. The number of methoxy groups -OCH3 is 1. The zero-order chi connectivity index (χ0) is 18.9. The van der Waals surface area contributed by atoms with Gasteiger partial charge < -0.3 is 10.1 Å². The molecular formula is C23H26FNO2. The minimum Gasteiger partial charge on any atom is -0.496 e. The van der Waals surface area contributed by atoms with Crippen LogP contribution in [0.25, 0.3) is 0 Å². The number of hydrogen-bond acceptors (Lipinski definition) is 2. The predicted octanol–water partition coefficient (Wildman–Crippen LogP) is 4.57. The first-order valence-corrected chi connectivity index (χ1v) is 9.80. The van der Waals surface area contributed by atoms with Gasteiger partial charge in [-0.1, -0.05) is 49.2 Å². The molecule has 27 heavy (non-hydrogen) atoms. The van der Waals surface area contributed by atoms with E-state index in [1.165, 1.54) is 11.6 Å². The second kappa shape index (κ2) is 7.34. The molecule has 2 saturated carbocycles. The van der Waals surface area contributed by atoms with Crippen LogP contribution in [0.1, 0.15) is 49.1 Å². The summed E-state index contributed by atoms with van der Waals surface area (Å²) in [4.78, 5) is 12.7. The zero-order valence-electron chi connectivity index (χ0n) is 15.7. The van der Waals surface area contributed by atoms with Crippen molar-refractivity contribution in [2.45, 2.75) is 43.4 Å². The van der Waals surface area contributed by atoms with Gasteiger partial charge in [0.05, 0.1) is 7.11 Å². The number of para-hydroxylation sites is 1.